The summed E-state index contributed by atoms with van der Waals surface area (Å²) in [5.41, 5.74) is 4.07. The van der Waals surface area contributed by atoms with Gasteiger partial charge >= 0.3 is 0 Å². The smallest absolute Gasteiger partial charge is 0.0691 e. The summed E-state index contributed by atoms with van der Waals surface area (Å²) >= 11 is 0. The molecule has 3 nitrogen and oxygen atoms in total. The molecule has 1 heterocycles. The summed E-state index contributed by atoms with van der Waals surface area (Å²) < 4.78 is 14.7. The first-order chi connectivity index (χ1) is 23.6. The molecular weight excluding hydrogens is 587 g/mol. The predicted octanol–water partition coefficient (Wildman–Crippen LogP) is 11.5. The van der Waals surface area contributed by atoms with E-state index < -0.39 is 0 Å². The summed E-state index contributed by atoms with van der Waals surface area (Å²) in [4.78, 5) is 2.84. The molecule has 0 aromatic heterocycles. The van der Waals surface area contributed by atoms with Crippen LogP contribution in [0.2, 0.25) is 0 Å². The molecule has 6 aliphatic carbocycles. The average Bonchev–Trinajstić information content (AvgIpc) is 3.87. The van der Waals surface area contributed by atoms with Gasteiger partial charge in [0.15, 0.2) is 0 Å². The maximum Gasteiger partial charge on any atom is 0.0691 e. The molecule has 1 aliphatic heterocycles. The molecule has 2 aromatic rings. The molecule has 48 heavy (non-hydrogen) atoms. The minimum atomic E-state index is 0.231. The Balaban J connectivity index is 1.39. The molecule has 7 aliphatic rings. The van der Waals surface area contributed by atoms with Crippen molar-refractivity contribution in [2.24, 2.45) is 41.4 Å². The summed E-state index contributed by atoms with van der Waals surface area (Å²) in [6.07, 6.45) is 22.3. The molecule has 3 heteroatoms. The van der Waals surface area contributed by atoms with Crippen molar-refractivity contribution in [1.82, 2.24) is 0 Å². The van der Waals surface area contributed by atoms with Crippen molar-refractivity contribution in [3.8, 4) is 0 Å². The fraction of sp³-hybridized carbons (Fsp3) is 0.689. The molecule has 0 radical (unpaired) electrons. The van der Waals surface area contributed by atoms with Crippen LogP contribution in [0.5, 0.6) is 0 Å². The normalized spacial score (nSPS) is 32.4. The van der Waals surface area contributed by atoms with Crippen LogP contribution >= 0.6 is 0 Å². The number of hydrogen-bond donors (Lipinski definition) is 0. The largest absolute Gasteiger partial charge is 0.378 e. The molecule has 9 unspecified atom stereocenters. The van der Waals surface area contributed by atoms with Crippen molar-refractivity contribution in [3.05, 3.63) is 71.8 Å². The van der Waals surface area contributed by atoms with Gasteiger partial charge in [0, 0.05) is 30.7 Å². The van der Waals surface area contributed by atoms with E-state index in [1.54, 1.807) is 0 Å². The van der Waals surface area contributed by atoms with Crippen molar-refractivity contribution in [1.29, 1.82) is 0 Å². The summed E-state index contributed by atoms with van der Waals surface area (Å²) in [5.74, 6) is 4.20. The lowest BCUT2D eigenvalue weighted by Crippen LogP contribution is -2.54. The Morgan fingerprint density at radius 3 is 2.00 bits per heavy atom. The quantitative estimate of drug-likeness (QED) is 0.159. The van der Waals surface area contributed by atoms with Gasteiger partial charge in [0.05, 0.1) is 24.3 Å². The van der Waals surface area contributed by atoms with Crippen LogP contribution in [-0.2, 0) is 9.47 Å². The fourth-order valence-electron chi connectivity index (χ4n) is 10.2. The second kappa shape index (κ2) is 17.2. The van der Waals surface area contributed by atoms with E-state index in [9.17, 15) is 0 Å². The van der Waals surface area contributed by atoms with Crippen molar-refractivity contribution in [3.63, 3.8) is 0 Å². The van der Waals surface area contributed by atoms with Crippen LogP contribution in [-0.4, -0.2) is 37.5 Å². The first-order valence-electron chi connectivity index (χ1n) is 20.4. The highest BCUT2D eigenvalue weighted by molar-refractivity contribution is 5.58. The molecule has 1 saturated heterocycles. The van der Waals surface area contributed by atoms with Gasteiger partial charge in [0.2, 0.25) is 0 Å². The Hall–Kier alpha value is -2.10. The minimum absolute atomic E-state index is 0.231. The summed E-state index contributed by atoms with van der Waals surface area (Å²) in [7, 11) is 0. The molecule has 4 bridgehead atoms. The van der Waals surface area contributed by atoms with Crippen LogP contribution in [0.4, 0.5) is 5.69 Å². The Labute approximate surface area is 294 Å². The highest BCUT2D eigenvalue weighted by Gasteiger charge is 2.63. The number of nitrogens with zero attached hydrogens (tertiary/aromatic N) is 1. The third kappa shape index (κ3) is 8.26. The van der Waals surface area contributed by atoms with E-state index in [0.29, 0.717) is 53.7 Å². The van der Waals surface area contributed by atoms with Crippen molar-refractivity contribution < 1.29 is 9.47 Å². The number of benzene rings is 2. The number of ether oxygens (including phenoxy) is 2. The van der Waals surface area contributed by atoms with Gasteiger partial charge in [-0.1, -0.05) is 126 Å². The second-order valence-electron chi connectivity index (χ2n) is 16.2. The van der Waals surface area contributed by atoms with Crippen molar-refractivity contribution in [2.45, 2.75) is 142 Å². The minimum Gasteiger partial charge on any atom is -0.378 e. The summed E-state index contributed by atoms with van der Waals surface area (Å²) in [6.45, 7) is 13.4. The molecule has 7 fully saturated rings. The van der Waals surface area contributed by atoms with Crippen LogP contribution < -0.4 is 4.90 Å². The molecular formula is C45H67NO2. The topological polar surface area (TPSA) is 21.5 Å². The van der Waals surface area contributed by atoms with Crippen LogP contribution in [0.1, 0.15) is 122 Å². The second-order valence-corrected chi connectivity index (χ2v) is 16.2. The lowest BCUT2D eigenvalue weighted by molar-refractivity contribution is -0.147. The first-order valence-corrected chi connectivity index (χ1v) is 20.4. The molecule has 0 spiro atoms. The first kappa shape index (κ1) is 35.7. The number of unbranched alkanes of at least 4 members (excludes halogenated alkanes) is 2. The van der Waals surface area contributed by atoms with Gasteiger partial charge in [-0.05, 0) is 99.2 Å². The monoisotopic (exact) mass is 654 g/mol. The van der Waals surface area contributed by atoms with Gasteiger partial charge in [-0.15, -0.1) is 0 Å². The molecule has 2 aromatic carbocycles. The Bertz CT molecular complexity index is 1250. The number of rotatable bonds is 17. The lowest BCUT2D eigenvalue weighted by atomic mass is 9.59. The highest BCUT2D eigenvalue weighted by atomic mass is 16.5. The maximum atomic E-state index is 7.42. The highest BCUT2D eigenvalue weighted by Crippen LogP contribution is 2.58. The van der Waals surface area contributed by atoms with E-state index in [4.69, 9.17) is 9.47 Å². The van der Waals surface area contributed by atoms with E-state index in [1.807, 2.05) is 0 Å². The third-order valence-electron chi connectivity index (χ3n) is 13.2. The molecule has 6 saturated carbocycles. The van der Waals surface area contributed by atoms with Gasteiger partial charge in [-0.3, -0.25) is 0 Å². The number of aryl methyl sites for hydroxylation is 1. The van der Waals surface area contributed by atoms with E-state index in [1.165, 1.54) is 93.9 Å². The SMILES string of the molecule is CCCCC(CC)COC1CC2C(OCC(CC)CCCC)C(C=Cc3ccccc3)C1C1CCC(CC1)C1C2N1c1ccc(C)cc1. The van der Waals surface area contributed by atoms with Crippen LogP contribution in [0, 0.1) is 48.3 Å². The van der Waals surface area contributed by atoms with Crippen LogP contribution in [0.3, 0.4) is 0 Å². The van der Waals surface area contributed by atoms with Gasteiger partial charge < -0.3 is 14.4 Å². The average molecular weight is 654 g/mol. The molecule has 0 amide bonds. The summed E-state index contributed by atoms with van der Waals surface area (Å²) in [5, 5.41) is 0. The van der Waals surface area contributed by atoms with Crippen molar-refractivity contribution >= 4 is 11.8 Å². The van der Waals surface area contributed by atoms with Gasteiger partial charge in [-0.25, -0.2) is 0 Å². The van der Waals surface area contributed by atoms with Crippen molar-refractivity contribution in [2.75, 3.05) is 18.1 Å². The van der Waals surface area contributed by atoms with E-state index in [0.717, 1.165) is 25.6 Å². The Morgan fingerprint density at radius 1 is 0.750 bits per heavy atom. The maximum absolute atomic E-state index is 7.42. The van der Waals surface area contributed by atoms with Gasteiger partial charge in [-0.2, -0.15) is 0 Å². The predicted molar refractivity (Wildman–Crippen MR) is 203 cm³/mol. The molecule has 9 atom stereocenters. The lowest BCUT2D eigenvalue weighted by Gasteiger charge is -2.51. The zero-order chi connectivity index (χ0) is 33.5. The third-order valence-corrected chi connectivity index (χ3v) is 13.2. The van der Waals surface area contributed by atoms with Gasteiger partial charge in [0.25, 0.3) is 0 Å². The Morgan fingerprint density at radius 2 is 1.38 bits per heavy atom. The van der Waals surface area contributed by atoms with E-state index in [-0.39, 0.29) is 6.10 Å². The van der Waals surface area contributed by atoms with Crippen LogP contribution in [0.25, 0.3) is 6.08 Å². The Kier molecular flexibility index (Phi) is 12.8. The fourth-order valence-corrected chi connectivity index (χ4v) is 10.2. The molecule has 9 rings (SSSR count). The summed E-state index contributed by atoms with van der Waals surface area (Å²) in [6, 6.07) is 21.6. The van der Waals surface area contributed by atoms with E-state index >= 15 is 0 Å². The van der Waals surface area contributed by atoms with E-state index in [2.05, 4.69) is 106 Å². The number of hydrogen-bond acceptors (Lipinski definition) is 3. The van der Waals surface area contributed by atoms with Crippen LogP contribution in [0.15, 0.2) is 60.7 Å². The zero-order valence-electron chi connectivity index (χ0n) is 31.1. The standard InChI is InChI=1S/C45H67NO2/c1-6-10-15-33(8-3)30-47-41-29-40-44-43(46(44)38-26-19-32(5)20-27-38)37-24-22-36(23-25-37)42(41)39(28-21-35-17-13-12-14-18-35)45(40)48-31-34(9-4)16-11-7-2/h12-14,17-21,26-28,33-34,36-37,39-45H,6-11,15-16,22-25,29-31H2,1-5H3. The number of anilines is 1. The molecule has 264 valence electrons. The molecule has 0 N–H and O–H groups in total. The zero-order valence-corrected chi connectivity index (χ0v) is 31.1. The van der Waals surface area contributed by atoms with Gasteiger partial charge in [0.1, 0.15) is 0 Å².